The van der Waals surface area contributed by atoms with Crippen molar-refractivity contribution in [1.29, 1.82) is 0 Å². The van der Waals surface area contributed by atoms with Gasteiger partial charge in [-0.15, -0.1) is 0 Å². The normalized spacial score (nSPS) is 10.7. The third kappa shape index (κ3) is 5.59. The number of amides is 1. The van der Waals surface area contributed by atoms with Gasteiger partial charge in [0.05, 0.1) is 0 Å². The number of carboxylic acids is 1. The molecule has 4 aromatic rings. The van der Waals surface area contributed by atoms with Gasteiger partial charge in [-0.25, -0.2) is 4.39 Å². The van der Waals surface area contributed by atoms with E-state index >= 15 is 0 Å². The Labute approximate surface area is 196 Å². The predicted octanol–water partition coefficient (Wildman–Crippen LogP) is 5.51. The molecule has 4 aromatic carbocycles. The molecule has 0 aliphatic carbocycles. The molecule has 1 amide bonds. The van der Waals surface area contributed by atoms with Crippen LogP contribution in [0.25, 0.3) is 10.8 Å². The number of nitrogens with one attached hydrogen (secondary N) is 1. The first-order valence-electron chi connectivity index (χ1n) is 11.0. The second-order valence-electron chi connectivity index (χ2n) is 7.92. The Morgan fingerprint density at radius 2 is 1.56 bits per heavy atom. The van der Waals surface area contributed by atoms with Gasteiger partial charge in [-0.1, -0.05) is 60.7 Å². The summed E-state index contributed by atoms with van der Waals surface area (Å²) in [6.45, 7) is 0.481. The molecule has 5 nitrogen and oxygen atoms in total. The number of carbonyl (C=O) groups excluding carboxylic acids is 1. The van der Waals surface area contributed by atoms with Crippen LogP contribution in [0.3, 0.4) is 0 Å². The van der Waals surface area contributed by atoms with Gasteiger partial charge in [-0.2, -0.15) is 0 Å². The van der Waals surface area contributed by atoms with Crippen molar-refractivity contribution >= 4 is 22.6 Å². The number of carbonyl (C=O) groups is 2. The molecule has 0 aliphatic rings. The zero-order chi connectivity index (χ0) is 23.9. The molecule has 0 aliphatic heterocycles. The zero-order valence-electron chi connectivity index (χ0n) is 18.5. The number of rotatable bonds is 9. The summed E-state index contributed by atoms with van der Waals surface area (Å²) in [5.41, 5.74) is 2.63. The van der Waals surface area contributed by atoms with E-state index in [0.717, 1.165) is 16.5 Å². The molecule has 0 heterocycles. The van der Waals surface area contributed by atoms with E-state index in [2.05, 4.69) is 5.32 Å². The number of hydrogen-bond donors (Lipinski definition) is 2. The quantitative estimate of drug-likeness (QED) is 0.348. The fourth-order valence-corrected chi connectivity index (χ4v) is 3.82. The molecular weight excluding hydrogens is 433 g/mol. The van der Waals surface area contributed by atoms with Crippen LogP contribution in [-0.4, -0.2) is 17.0 Å². The first kappa shape index (κ1) is 23.0. The molecule has 0 atom stereocenters. The van der Waals surface area contributed by atoms with Gasteiger partial charge in [0.2, 0.25) is 0 Å². The minimum atomic E-state index is -0.930. The molecule has 0 unspecified atom stereocenters. The van der Waals surface area contributed by atoms with Gasteiger partial charge in [0, 0.05) is 23.9 Å². The molecule has 172 valence electrons. The number of halogens is 1. The van der Waals surface area contributed by atoms with Crippen LogP contribution in [0.1, 0.15) is 33.5 Å². The van der Waals surface area contributed by atoms with Crippen LogP contribution in [0.4, 0.5) is 4.39 Å². The van der Waals surface area contributed by atoms with Crippen LogP contribution in [0.15, 0.2) is 84.9 Å². The average Bonchev–Trinajstić information content (AvgIpc) is 2.86. The summed E-state index contributed by atoms with van der Waals surface area (Å²) in [5.74, 6) is -0.852. The van der Waals surface area contributed by atoms with Crippen molar-refractivity contribution in [3.8, 4) is 5.75 Å². The summed E-state index contributed by atoms with van der Waals surface area (Å²) in [6.07, 6.45) is 0.153. The topological polar surface area (TPSA) is 75.6 Å². The van der Waals surface area contributed by atoms with Crippen molar-refractivity contribution in [2.24, 2.45) is 0 Å². The highest BCUT2D eigenvalue weighted by Gasteiger charge is 2.15. The number of ether oxygens (including phenoxy) is 1. The molecule has 6 heteroatoms. The van der Waals surface area contributed by atoms with Crippen molar-refractivity contribution in [2.75, 3.05) is 0 Å². The average molecular weight is 458 g/mol. The van der Waals surface area contributed by atoms with Crippen molar-refractivity contribution in [1.82, 2.24) is 5.32 Å². The van der Waals surface area contributed by atoms with E-state index in [4.69, 9.17) is 9.84 Å². The first-order valence-corrected chi connectivity index (χ1v) is 11.0. The Morgan fingerprint density at radius 3 is 2.32 bits per heavy atom. The van der Waals surface area contributed by atoms with Crippen molar-refractivity contribution in [3.63, 3.8) is 0 Å². The Kier molecular flexibility index (Phi) is 7.18. The lowest BCUT2D eigenvalue weighted by Gasteiger charge is -2.14. The third-order valence-corrected chi connectivity index (χ3v) is 5.58. The van der Waals surface area contributed by atoms with Crippen LogP contribution < -0.4 is 10.1 Å². The molecule has 0 saturated carbocycles. The van der Waals surface area contributed by atoms with Crippen molar-refractivity contribution < 1.29 is 23.8 Å². The fourth-order valence-electron chi connectivity index (χ4n) is 3.82. The van der Waals surface area contributed by atoms with E-state index in [1.807, 2.05) is 48.5 Å². The van der Waals surface area contributed by atoms with Crippen LogP contribution in [0.5, 0.6) is 5.75 Å². The van der Waals surface area contributed by atoms with Crippen LogP contribution in [-0.2, 0) is 24.4 Å². The lowest BCUT2D eigenvalue weighted by Crippen LogP contribution is -2.24. The van der Waals surface area contributed by atoms with Crippen LogP contribution in [0, 0.1) is 5.82 Å². The van der Waals surface area contributed by atoms with E-state index in [9.17, 15) is 14.0 Å². The molecular formula is C28H24FNO4. The Morgan fingerprint density at radius 1 is 0.853 bits per heavy atom. The largest absolute Gasteiger partial charge is 0.489 e. The molecule has 0 spiro atoms. The highest BCUT2D eigenvalue weighted by Crippen LogP contribution is 2.22. The van der Waals surface area contributed by atoms with Gasteiger partial charge >= 0.3 is 5.97 Å². The second-order valence-corrected chi connectivity index (χ2v) is 7.92. The number of carboxylic acid groups (broad SMARTS) is 1. The zero-order valence-corrected chi connectivity index (χ0v) is 18.5. The van der Waals surface area contributed by atoms with Gasteiger partial charge in [0.1, 0.15) is 18.2 Å². The minimum absolute atomic E-state index is 0.0806. The summed E-state index contributed by atoms with van der Waals surface area (Å²) < 4.78 is 19.9. The summed E-state index contributed by atoms with van der Waals surface area (Å²) in [4.78, 5) is 24.2. The van der Waals surface area contributed by atoms with E-state index in [0.29, 0.717) is 22.3 Å². The highest BCUT2D eigenvalue weighted by atomic mass is 19.1. The molecule has 0 bridgehead atoms. The van der Waals surface area contributed by atoms with Crippen molar-refractivity contribution in [3.05, 3.63) is 113 Å². The van der Waals surface area contributed by atoms with Crippen LogP contribution >= 0.6 is 0 Å². The summed E-state index contributed by atoms with van der Waals surface area (Å²) in [7, 11) is 0. The maximum atomic E-state index is 14.1. The Balaban J connectivity index is 1.54. The minimum Gasteiger partial charge on any atom is -0.489 e. The number of para-hydroxylation sites is 1. The smallest absolute Gasteiger partial charge is 0.303 e. The van der Waals surface area contributed by atoms with Crippen LogP contribution in [0.2, 0.25) is 0 Å². The third-order valence-electron chi connectivity index (χ3n) is 5.58. The molecule has 0 radical (unpaired) electrons. The van der Waals surface area contributed by atoms with Gasteiger partial charge in [-0.05, 0) is 52.8 Å². The Bertz CT molecular complexity index is 1320. The van der Waals surface area contributed by atoms with Gasteiger partial charge in [0.15, 0.2) is 0 Å². The number of benzene rings is 4. The molecule has 2 N–H and O–H groups in total. The van der Waals surface area contributed by atoms with Gasteiger partial charge < -0.3 is 15.2 Å². The summed E-state index contributed by atoms with van der Waals surface area (Å²) in [5, 5.41) is 13.2. The number of aryl methyl sites for hydroxylation is 1. The molecule has 0 fully saturated rings. The standard InChI is InChI=1S/C28H24FNO4/c29-26-14-12-21(23-8-4-5-9-24(23)26)17-30-28(33)25-16-19(10-11-20(25)13-15-27(31)32)18-34-22-6-2-1-3-7-22/h1-12,14,16H,13,15,17-18H2,(H,30,33)(H,31,32). The SMILES string of the molecule is O=C(O)CCc1ccc(COc2ccccc2)cc1C(=O)NCc1ccc(F)c2ccccc12. The molecule has 34 heavy (non-hydrogen) atoms. The second kappa shape index (κ2) is 10.6. The van der Waals surface area contributed by atoms with Crippen molar-refractivity contribution in [2.45, 2.75) is 26.0 Å². The predicted molar refractivity (Wildman–Crippen MR) is 128 cm³/mol. The molecule has 0 saturated heterocycles. The lowest BCUT2D eigenvalue weighted by molar-refractivity contribution is -0.136. The van der Waals surface area contributed by atoms with E-state index in [-0.39, 0.29) is 37.7 Å². The van der Waals surface area contributed by atoms with E-state index in [1.165, 1.54) is 6.07 Å². The maximum Gasteiger partial charge on any atom is 0.303 e. The Hall–Kier alpha value is -4.19. The molecule has 4 rings (SSSR count). The maximum absolute atomic E-state index is 14.1. The summed E-state index contributed by atoms with van der Waals surface area (Å²) in [6, 6.07) is 24.9. The molecule has 0 aromatic heterocycles. The highest BCUT2D eigenvalue weighted by molar-refractivity contribution is 5.96. The van der Waals surface area contributed by atoms with E-state index in [1.54, 1.807) is 30.3 Å². The number of hydrogen-bond acceptors (Lipinski definition) is 3. The monoisotopic (exact) mass is 457 g/mol. The lowest BCUT2D eigenvalue weighted by atomic mass is 9.99. The fraction of sp³-hybridized carbons (Fsp3) is 0.143. The number of fused-ring (bicyclic) bond motifs is 1. The summed E-state index contributed by atoms with van der Waals surface area (Å²) >= 11 is 0. The van der Waals surface area contributed by atoms with Gasteiger partial charge in [-0.3, -0.25) is 9.59 Å². The number of aliphatic carboxylic acids is 1. The van der Waals surface area contributed by atoms with E-state index < -0.39 is 5.97 Å². The van der Waals surface area contributed by atoms with Gasteiger partial charge in [0.25, 0.3) is 5.91 Å². The first-order chi connectivity index (χ1) is 16.5.